The zero-order valence-corrected chi connectivity index (χ0v) is 36.7. The van der Waals surface area contributed by atoms with Gasteiger partial charge in [0.05, 0.1) is 0 Å². The van der Waals surface area contributed by atoms with E-state index in [0.29, 0.717) is 0 Å². The summed E-state index contributed by atoms with van der Waals surface area (Å²) in [6.07, 6.45) is 3.63. The molecule has 0 saturated carbocycles. The van der Waals surface area contributed by atoms with Crippen LogP contribution in [0.2, 0.25) is 0 Å². The van der Waals surface area contributed by atoms with E-state index in [1.807, 2.05) is 18.5 Å². The molecule has 8 aromatic carbocycles. The number of benzene rings is 8. The van der Waals surface area contributed by atoms with Crippen LogP contribution in [0.3, 0.4) is 0 Å². The standard InChI is InChI=1S/C61H48N2/c1-59(2)52-31-40(39-15-10-14-38(30-39)37-12-8-7-9-13-37)16-22-46(52)47-23-17-41(32-53(47)59)42-18-24-48-49-25-19-43(34-55(49)60(3,4)54(48)33-42)44-20-26-50-51-27-21-45(58-62-28-11-29-63-58)36-57(51)61(5,6)56(50)35-44/h7-36H,1-6H3. The number of hydrogen-bond donors (Lipinski definition) is 0. The predicted octanol–water partition coefficient (Wildman–Crippen LogP) is 15.7. The molecule has 63 heavy (non-hydrogen) atoms. The lowest BCUT2D eigenvalue weighted by atomic mass is 9.79. The van der Waals surface area contributed by atoms with Gasteiger partial charge in [-0.1, -0.05) is 163 Å². The fourth-order valence-corrected chi connectivity index (χ4v) is 11.2. The molecule has 0 atom stereocenters. The monoisotopic (exact) mass is 808 g/mol. The smallest absolute Gasteiger partial charge is 0.159 e. The molecule has 0 radical (unpaired) electrons. The van der Waals surface area contributed by atoms with Crippen LogP contribution in [0.4, 0.5) is 0 Å². The molecular formula is C61H48N2. The van der Waals surface area contributed by atoms with Gasteiger partial charge in [0.15, 0.2) is 5.82 Å². The van der Waals surface area contributed by atoms with Crippen molar-refractivity contribution in [2.24, 2.45) is 0 Å². The molecule has 0 spiro atoms. The first kappa shape index (κ1) is 37.6. The maximum absolute atomic E-state index is 4.53. The van der Waals surface area contributed by atoms with E-state index >= 15 is 0 Å². The molecule has 0 bridgehead atoms. The van der Waals surface area contributed by atoms with Crippen molar-refractivity contribution in [3.63, 3.8) is 0 Å². The van der Waals surface area contributed by atoms with E-state index < -0.39 is 0 Å². The van der Waals surface area contributed by atoms with Crippen molar-refractivity contribution >= 4 is 0 Å². The van der Waals surface area contributed by atoms with Gasteiger partial charge in [-0.3, -0.25) is 0 Å². The van der Waals surface area contributed by atoms with Crippen molar-refractivity contribution in [2.75, 3.05) is 0 Å². The molecule has 2 nitrogen and oxygen atoms in total. The van der Waals surface area contributed by atoms with Gasteiger partial charge in [0.1, 0.15) is 0 Å². The molecule has 3 aliphatic carbocycles. The van der Waals surface area contributed by atoms with Crippen LogP contribution in [0.25, 0.3) is 89.3 Å². The van der Waals surface area contributed by atoms with Crippen LogP contribution in [0.15, 0.2) is 182 Å². The van der Waals surface area contributed by atoms with Crippen molar-refractivity contribution in [3.8, 4) is 89.3 Å². The van der Waals surface area contributed by atoms with Gasteiger partial charge in [-0.25, -0.2) is 9.97 Å². The lowest BCUT2D eigenvalue weighted by Crippen LogP contribution is -2.16. The van der Waals surface area contributed by atoms with Crippen LogP contribution in [0.5, 0.6) is 0 Å². The third-order valence-electron chi connectivity index (χ3n) is 14.8. The summed E-state index contributed by atoms with van der Waals surface area (Å²) in [6, 6.07) is 63.8. The lowest BCUT2D eigenvalue weighted by Gasteiger charge is -2.24. The molecule has 0 saturated heterocycles. The molecule has 302 valence electrons. The minimum atomic E-state index is -0.153. The molecule has 0 unspecified atom stereocenters. The second-order valence-electron chi connectivity index (χ2n) is 19.5. The summed E-state index contributed by atoms with van der Waals surface area (Å²) in [5.74, 6) is 0.764. The van der Waals surface area contributed by atoms with Crippen LogP contribution in [0.1, 0.15) is 74.9 Å². The first-order valence-corrected chi connectivity index (χ1v) is 22.3. The van der Waals surface area contributed by atoms with Crippen LogP contribution < -0.4 is 0 Å². The van der Waals surface area contributed by atoms with Gasteiger partial charge in [-0.2, -0.15) is 0 Å². The molecule has 0 N–H and O–H groups in total. The van der Waals surface area contributed by atoms with E-state index in [1.54, 1.807) is 0 Å². The highest BCUT2D eigenvalue weighted by atomic mass is 14.8. The Morgan fingerprint density at radius 3 is 0.905 bits per heavy atom. The van der Waals surface area contributed by atoms with Gasteiger partial charge in [0.2, 0.25) is 0 Å². The lowest BCUT2D eigenvalue weighted by molar-refractivity contribution is 0.659. The Hall–Kier alpha value is -7.16. The first-order valence-electron chi connectivity index (χ1n) is 22.3. The Kier molecular flexibility index (Phi) is 8.01. The molecule has 1 heterocycles. The summed E-state index contributed by atoms with van der Waals surface area (Å²) in [5, 5.41) is 0. The average Bonchev–Trinajstić information content (AvgIpc) is 3.80. The number of hydrogen-bond acceptors (Lipinski definition) is 2. The van der Waals surface area contributed by atoms with Crippen molar-refractivity contribution < 1.29 is 0 Å². The summed E-state index contributed by atoms with van der Waals surface area (Å²) in [6.45, 7) is 14.3. The second-order valence-corrected chi connectivity index (χ2v) is 19.5. The third kappa shape index (κ3) is 5.64. The Bertz CT molecular complexity index is 3350. The van der Waals surface area contributed by atoms with Crippen molar-refractivity contribution in [3.05, 3.63) is 216 Å². The first-order chi connectivity index (χ1) is 30.5. The van der Waals surface area contributed by atoms with Crippen LogP contribution >= 0.6 is 0 Å². The number of aromatic nitrogens is 2. The normalized spacial score (nSPS) is 15.2. The summed E-state index contributed by atoms with van der Waals surface area (Å²) < 4.78 is 0. The minimum absolute atomic E-state index is 0.133. The van der Waals surface area contributed by atoms with Gasteiger partial charge in [-0.15, -0.1) is 0 Å². The molecule has 12 rings (SSSR count). The van der Waals surface area contributed by atoms with E-state index in [-0.39, 0.29) is 16.2 Å². The third-order valence-corrected chi connectivity index (χ3v) is 14.8. The summed E-state index contributed by atoms with van der Waals surface area (Å²) >= 11 is 0. The molecule has 3 aliphatic rings. The van der Waals surface area contributed by atoms with E-state index in [0.717, 1.165) is 11.4 Å². The molecule has 1 aromatic heterocycles. The molecular weight excluding hydrogens is 761 g/mol. The highest BCUT2D eigenvalue weighted by Crippen LogP contribution is 2.54. The summed E-state index contributed by atoms with van der Waals surface area (Å²) in [7, 11) is 0. The van der Waals surface area contributed by atoms with Crippen LogP contribution in [-0.2, 0) is 16.2 Å². The van der Waals surface area contributed by atoms with Crippen molar-refractivity contribution in [1.29, 1.82) is 0 Å². The number of rotatable bonds is 5. The van der Waals surface area contributed by atoms with E-state index in [4.69, 9.17) is 0 Å². The predicted molar refractivity (Wildman–Crippen MR) is 262 cm³/mol. The zero-order chi connectivity index (χ0) is 42.8. The van der Waals surface area contributed by atoms with Crippen molar-refractivity contribution in [2.45, 2.75) is 57.8 Å². The van der Waals surface area contributed by atoms with Gasteiger partial charge >= 0.3 is 0 Å². The molecule has 2 heteroatoms. The average molecular weight is 809 g/mol. The van der Waals surface area contributed by atoms with E-state index in [1.165, 1.54) is 111 Å². The van der Waals surface area contributed by atoms with Gasteiger partial charge in [-0.05, 0) is 160 Å². The SMILES string of the molecule is CC1(C)c2cc(-c3cccc(-c4ccccc4)c3)ccc2-c2ccc(-c3ccc4c(c3)C(C)(C)c3cc(-c5ccc6c(c5)C(C)(C)c5cc(-c7ncccn7)ccc5-6)ccc3-4)cc21. The van der Waals surface area contributed by atoms with Crippen LogP contribution in [-0.4, -0.2) is 9.97 Å². The Morgan fingerprint density at radius 1 is 0.254 bits per heavy atom. The van der Waals surface area contributed by atoms with Gasteiger partial charge in [0, 0.05) is 34.2 Å². The maximum atomic E-state index is 4.53. The number of nitrogens with zero attached hydrogens (tertiary/aromatic N) is 2. The minimum Gasteiger partial charge on any atom is -0.237 e. The Balaban J connectivity index is 0.844. The van der Waals surface area contributed by atoms with Gasteiger partial charge in [0.25, 0.3) is 0 Å². The molecule has 0 fully saturated rings. The van der Waals surface area contributed by atoms with E-state index in [9.17, 15) is 0 Å². The Labute approximate surface area is 371 Å². The van der Waals surface area contributed by atoms with Crippen LogP contribution in [0, 0.1) is 0 Å². The zero-order valence-electron chi connectivity index (χ0n) is 36.7. The quantitative estimate of drug-likeness (QED) is 0.173. The maximum Gasteiger partial charge on any atom is 0.159 e. The molecule has 0 aliphatic heterocycles. The number of fused-ring (bicyclic) bond motifs is 9. The summed E-state index contributed by atoms with van der Waals surface area (Å²) in [4.78, 5) is 9.07. The highest BCUT2D eigenvalue weighted by Gasteiger charge is 2.39. The van der Waals surface area contributed by atoms with Gasteiger partial charge < -0.3 is 0 Å². The summed E-state index contributed by atoms with van der Waals surface area (Å²) in [5.41, 5.74) is 26.9. The fraction of sp³-hybridized carbons (Fsp3) is 0.148. The molecule has 9 aromatic rings. The largest absolute Gasteiger partial charge is 0.237 e. The molecule has 0 amide bonds. The van der Waals surface area contributed by atoms with E-state index in [2.05, 4.69) is 215 Å². The second kappa shape index (κ2) is 13.4. The fourth-order valence-electron chi connectivity index (χ4n) is 11.2. The highest BCUT2D eigenvalue weighted by molar-refractivity contribution is 5.90. The Morgan fingerprint density at radius 2 is 0.540 bits per heavy atom. The van der Waals surface area contributed by atoms with Crippen molar-refractivity contribution in [1.82, 2.24) is 9.97 Å². The topological polar surface area (TPSA) is 25.8 Å².